The Balaban J connectivity index is 1.84. The molecule has 2 aliphatic rings. The van der Waals surface area contributed by atoms with E-state index in [1.807, 2.05) is 6.92 Å². The fraction of sp³-hybridized carbons (Fsp3) is 0.667. The first-order valence-electron chi connectivity index (χ1n) is 7.64. The number of carbonyl (C=O) groups is 1. The van der Waals surface area contributed by atoms with Crippen LogP contribution >= 0.6 is 0 Å². The number of hydrogen-bond donors (Lipinski definition) is 1. The molecular formula is C15H22N4O2. The van der Waals surface area contributed by atoms with Crippen LogP contribution in [-0.4, -0.2) is 40.7 Å². The SMILES string of the molecule is CCOC(=O)c1cnc(N2C3CCC2CC(N)C3)nc1C. The standard InChI is InChI=1S/C15H22N4O2/c1-3-21-14(20)13-8-17-15(18-9(13)2)19-11-4-5-12(19)7-10(16)6-11/h8,10-12H,3-7,16H2,1-2H3. The first kappa shape index (κ1) is 14.3. The van der Waals surface area contributed by atoms with Crippen LogP contribution in [0.2, 0.25) is 0 Å². The molecule has 0 saturated carbocycles. The number of anilines is 1. The van der Waals surface area contributed by atoms with Gasteiger partial charge in [0, 0.05) is 24.3 Å². The molecule has 2 saturated heterocycles. The van der Waals surface area contributed by atoms with E-state index in [1.165, 1.54) is 0 Å². The van der Waals surface area contributed by atoms with Gasteiger partial charge in [-0.3, -0.25) is 0 Å². The van der Waals surface area contributed by atoms with Crippen LogP contribution < -0.4 is 10.6 Å². The van der Waals surface area contributed by atoms with Crippen LogP contribution in [0.1, 0.15) is 48.7 Å². The molecule has 2 aliphatic heterocycles. The van der Waals surface area contributed by atoms with Gasteiger partial charge in [0.05, 0.1) is 17.9 Å². The van der Waals surface area contributed by atoms with Gasteiger partial charge in [-0.25, -0.2) is 14.8 Å². The van der Waals surface area contributed by atoms with E-state index in [0.717, 1.165) is 31.6 Å². The lowest BCUT2D eigenvalue weighted by molar-refractivity contribution is 0.0524. The number of nitrogens with zero attached hydrogens (tertiary/aromatic N) is 3. The fourth-order valence-electron chi connectivity index (χ4n) is 3.53. The molecular weight excluding hydrogens is 268 g/mol. The van der Waals surface area contributed by atoms with Crippen LogP contribution in [0.4, 0.5) is 5.95 Å². The molecule has 0 radical (unpaired) electrons. The predicted molar refractivity (Wildman–Crippen MR) is 79.2 cm³/mol. The second-order valence-electron chi connectivity index (χ2n) is 5.91. The Bertz CT molecular complexity index is 534. The van der Waals surface area contributed by atoms with Crippen molar-refractivity contribution in [2.75, 3.05) is 11.5 Å². The maximum atomic E-state index is 11.8. The van der Waals surface area contributed by atoms with E-state index in [-0.39, 0.29) is 5.97 Å². The van der Waals surface area contributed by atoms with Crippen LogP contribution in [0.25, 0.3) is 0 Å². The van der Waals surface area contributed by atoms with Gasteiger partial charge in [0.15, 0.2) is 0 Å². The van der Waals surface area contributed by atoms with E-state index in [2.05, 4.69) is 14.9 Å². The third-order valence-corrected chi connectivity index (χ3v) is 4.46. The number of ether oxygens (including phenoxy) is 1. The number of piperidine rings is 1. The fourth-order valence-corrected chi connectivity index (χ4v) is 3.53. The minimum absolute atomic E-state index is 0.290. The van der Waals surface area contributed by atoms with Crippen molar-refractivity contribution in [3.8, 4) is 0 Å². The van der Waals surface area contributed by atoms with E-state index in [4.69, 9.17) is 10.5 Å². The highest BCUT2D eigenvalue weighted by Gasteiger charge is 2.41. The Kier molecular flexibility index (Phi) is 3.80. The summed E-state index contributed by atoms with van der Waals surface area (Å²) in [6.07, 6.45) is 5.89. The first-order valence-corrected chi connectivity index (χ1v) is 7.64. The lowest BCUT2D eigenvalue weighted by atomic mass is 9.99. The van der Waals surface area contributed by atoms with Gasteiger partial charge in [-0.1, -0.05) is 0 Å². The molecule has 114 valence electrons. The van der Waals surface area contributed by atoms with E-state index in [0.29, 0.717) is 36.0 Å². The normalized spacial score (nSPS) is 27.8. The molecule has 2 N–H and O–H groups in total. The zero-order valence-corrected chi connectivity index (χ0v) is 12.6. The van der Waals surface area contributed by atoms with E-state index >= 15 is 0 Å². The zero-order chi connectivity index (χ0) is 15.0. The number of rotatable bonds is 3. The topological polar surface area (TPSA) is 81.3 Å². The molecule has 2 atom stereocenters. The molecule has 6 nitrogen and oxygen atoms in total. The summed E-state index contributed by atoms with van der Waals surface area (Å²) in [5, 5.41) is 0. The molecule has 3 heterocycles. The Labute approximate surface area is 124 Å². The van der Waals surface area contributed by atoms with Crippen molar-refractivity contribution in [2.45, 2.75) is 57.7 Å². The summed E-state index contributed by atoms with van der Waals surface area (Å²) in [7, 11) is 0. The lowest BCUT2D eigenvalue weighted by Gasteiger charge is -2.37. The molecule has 3 rings (SSSR count). The van der Waals surface area contributed by atoms with Crippen molar-refractivity contribution in [3.05, 3.63) is 17.5 Å². The van der Waals surface area contributed by atoms with Crippen LogP contribution in [0, 0.1) is 6.92 Å². The zero-order valence-electron chi connectivity index (χ0n) is 12.6. The monoisotopic (exact) mass is 290 g/mol. The summed E-state index contributed by atoms with van der Waals surface area (Å²) in [5.41, 5.74) is 7.21. The predicted octanol–water partition coefficient (Wildman–Crippen LogP) is 1.42. The summed E-state index contributed by atoms with van der Waals surface area (Å²) in [5.74, 6) is 0.366. The Morgan fingerprint density at radius 1 is 1.43 bits per heavy atom. The summed E-state index contributed by atoms with van der Waals surface area (Å²) in [4.78, 5) is 23.0. The molecule has 0 amide bonds. The number of esters is 1. The minimum Gasteiger partial charge on any atom is -0.462 e. The van der Waals surface area contributed by atoms with E-state index in [1.54, 1.807) is 13.1 Å². The number of carbonyl (C=O) groups excluding carboxylic acids is 1. The minimum atomic E-state index is -0.356. The maximum Gasteiger partial charge on any atom is 0.341 e. The third-order valence-electron chi connectivity index (χ3n) is 4.46. The molecule has 2 fully saturated rings. The Morgan fingerprint density at radius 3 is 2.67 bits per heavy atom. The molecule has 6 heteroatoms. The Morgan fingerprint density at radius 2 is 2.10 bits per heavy atom. The summed E-state index contributed by atoms with van der Waals surface area (Å²) in [6.45, 7) is 3.97. The second-order valence-corrected chi connectivity index (χ2v) is 5.91. The second kappa shape index (κ2) is 5.60. The number of fused-ring (bicyclic) bond motifs is 2. The first-order chi connectivity index (χ1) is 10.1. The quantitative estimate of drug-likeness (QED) is 0.848. The van der Waals surface area contributed by atoms with Gasteiger partial charge in [-0.15, -0.1) is 0 Å². The molecule has 0 aliphatic carbocycles. The van der Waals surface area contributed by atoms with Crippen LogP contribution in [0.5, 0.6) is 0 Å². The smallest absolute Gasteiger partial charge is 0.341 e. The van der Waals surface area contributed by atoms with Crippen molar-refractivity contribution in [1.29, 1.82) is 0 Å². The largest absolute Gasteiger partial charge is 0.462 e. The van der Waals surface area contributed by atoms with Gasteiger partial charge in [-0.05, 0) is 39.5 Å². The summed E-state index contributed by atoms with van der Waals surface area (Å²) in [6, 6.07) is 1.16. The van der Waals surface area contributed by atoms with Gasteiger partial charge in [0.1, 0.15) is 0 Å². The van der Waals surface area contributed by atoms with Gasteiger partial charge in [0.25, 0.3) is 0 Å². The average Bonchev–Trinajstić information content (AvgIpc) is 2.71. The highest BCUT2D eigenvalue weighted by Crippen LogP contribution is 2.37. The van der Waals surface area contributed by atoms with Crippen LogP contribution in [0.3, 0.4) is 0 Å². The average molecular weight is 290 g/mol. The van der Waals surface area contributed by atoms with Crippen molar-refractivity contribution in [3.63, 3.8) is 0 Å². The molecule has 21 heavy (non-hydrogen) atoms. The number of aryl methyl sites for hydroxylation is 1. The highest BCUT2D eigenvalue weighted by atomic mass is 16.5. The summed E-state index contributed by atoms with van der Waals surface area (Å²) < 4.78 is 5.01. The van der Waals surface area contributed by atoms with Crippen LogP contribution in [0.15, 0.2) is 6.20 Å². The number of nitrogens with two attached hydrogens (primary N) is 1. The van der Waals surface area contributed by atoms with Crippen molar-refractivity contribution in [1.82, 2.24) is 9.97 Å². The van der Waals surface area contributed by atoms with Crippen LogP contribution in [-0.2, 0) is 4.74 Å². The molecule has 0 spiro atoms. The van der Waals surface area contributed by atoms with Crippen molar-refractivity contribution < 1.29 is 9.53 Å². The number of hydrogen-bond acceptors (Lipinski definition) is 6. The molecule has 1 aromatic rings. The van der Waals surface area contributed by atoms with Gasteiger partial charge in [0.2, 0.25) is 5.95 Å². The third kappa shape index (κ3) is 2.60. The molecule has 2 unspecified atom stereocenters. The van der Waals surface area contributed by atoms with Gasteiger partial charge in [-0.2, -0.15) is 0 Å². The van der Waals surface area contributed by atoms with E-state index in [9.17, 15) is 4.79 Å². The molecule has 1 aromatic heterocycles. The van der Waals surface area contributed by atoms with Crippen molar-refractivity contribution in [2.24, 2.45) is 5.73 Å². The lowest BCUT2D eigenvalue weighted by Crippen LogP contribution is -2.48. The van der Waals surface area contributed by atoms with E-state index < -0.39 is 0 Å². The Hall–Kier alpha value is -1.69. The van der Waals surface area contributed by atoms with Gasteiger partial charge < -0.3 is 15.4 Å². The number of aromatic nitrogens is 2. The molecule has 2 bridgehead atoms. The summed E-state index contributed by atoms with van der Waals surface area (Å²) >= 11 is 0. The van der Waals surface area contributed by atoms with Gasteiger partial charge >= 0.3 is 5.97 Å². The van der Waals surface area contributed by atoms with Crippen molar-refractivity contribution >= 4 is 11.9 Å². The molecule has 0 aromatic carbocycles. The highest BCUT2D eigenvalue weighted by molar-refractivity contribution is 5.90. The maximum absolute atomic E-state index is 11.8.